The lowest BCUT2D eigenvalue weighted by atomic mass is 10.0. The number of carbonyl (C=O) groups excluding carboxylic acids is 2. The van der Waals surface area contributed by atoms with Crippen LogP contribution in [0.25, 0.3) is 6.08 Å². The molecule has 1 fully saturated rings. The summed E-state index contributed by atoms with van der Waals surface area (Å²) in [6.07, 6.45) is 1.57. The van der Waals surface area contributed by atoms with E-state index in [4.69, 9.17) is 17.0 Å². The van der Waals surface area contributed by atoms with E-state index in [0.29, 0.717) is 11.6 Å². The van der Waals surface area contributed by atoms with Gasteiger partial charge in [-0.1, -0.05) is 32.0 Å². The Labute approximate surface area is 182 Å². The summed E-state index contributed by atoms with van der Waals surface area (Å²) in [6, 6.07) is 13.0. The molecular weight excluding hydrogens is 487 g/mol. The largest absolute Gasteiger partial charge is 0.496 e. The van der Waals surface area contributed by atoms with E-state index < -0.39 is 11.8 Å². The van der Waals surface area contributed by atoms with Gasteiger partial charge < -0.3 is 4.74 Å². The van der Waals surface area contributed by atoms with E-state index in [-0.39, 0.29) is 10.7 Å². The molecule has 1 aliphatic heterocycles. The number of carbonyl (C=O) groups is 2. The fourth-order valence-electron chi connectivity index (χ4n) is 2.84. The highest BCUT2D eigenvalue weighted by molar-refractivity contribution is 14.1. The molecule has 0 aromatic heterocycles. The number of nitrogens with one attached hydrogen (secondary N) is 1. The Morgan fingerprint density at radius 2 is 1.82 bits per heavy atom. The zero-order valence-electron chi connectivity index (χ0n) is 15.7. The standard InChI is InChI=1S/C21H19IN2O3S/c1-12(2)14-5-7-15(8-6-14)24-20(26)16(19(25)23-21(24)28)10-13-4-9-18(27-3)17(22)11-13/h4-12H,1-3H3,(H,23,25,28)/b16-10+. The van der Waals surface area contributed by atoms with Gasteiger partial charge in [-0.25, -0.2) is 0 Å². The Morgan fingerprint density at radius 3 is 2.39 bits per heavy atom. The number of thiocarbonyl (C=S) groups is 1. The van der Waals surface area contributed by atoms with E-state index in [1.165, 1.54) is 4.90 Å². The van der Waals surface area contributed by atoms with Crippen LogP contribution < -0.4 is 15.0 Å². The summed E-state index contributed by atoms with van der Waals surface area (Å²) in [5, 5.41) is 2.68. The number of hydrogen-bond acceptors (Lipinski definition) is 4. The smallest absolute Gasteiger partial charge is 0.270 e. The van der Waals surface area contributed by atoms with Gasteiger partial charge in [0.1, 0.15) is 11.3 Å². The second-order valence-electron chi connectivity index (χ2n) is 6.60. The maximum atomic E-state index is 13.1. The third kappa shape index (κ3) is 4.10. The van der Waals surface area contributed by atoms with Crippen LogP contribution >= 0.6 is 34.8 Å². The van der Waals surface area contributed by atoms with Crippen molar-refractivity contribution in [1.82, 2.24) is 5.32 Å². The first-order valence-electron chi connectivity index (χ1n) is 8.66. The topological polar surface area (TPSA) is 58.6 Å². The van der Waals surface area contributed by atoms with Gasteiger partial charge in [-0.2, -0.15) is 0 Å². The molecule has 1 N–H and O–H groups in total. The van der Waals surface area contributed by atoms with E-state index in [2.05, 4.69) is 41.8 Å². The zero-order valence-corrected chi connectivity index (χ0v) is 18.6. The minimum absolute atomic E-state index is 0.0301. The predicted molar refractivity (Wildman–Crippen MR) is 122 cm³/mol. The molecule has 0 saturated carbocycles. The van der Waals surface area contributed by atoms with Crippen LogP contribution in [0.1, 0.15) is 30.9 Å². The third-order valence-corrected chi connectivity index (χ3v) is 5.53. The van der Waals surface area contributed by atoms with Crippen LogP contribution in [-0.2, 0) is 9.59 Å². The number of rotatable bonds is 4. The van der Waals surface area contributed by atoms with Crippen molar-refractivity contribution in [3.63, 3.8) is 0 Å². The molecule has 0 aliphatic carbocycles. The van der Waals surface area contributed by atoms with Crippen LogP contribution in [0, 0.1) is 3.57 Å². The molecule has 0 radical (unpaired) electrons. The number of amides is 2. The summed E-state index contributed by atoms with van der Waals surface area (Å²) in [5.41, 5.74) is 2.54. The second kappa shape index (κ2) is 8.40. The van der Waals surface area contributed by atoms with Gasteiger partial charge in [0.15, 0.2) is 5.11 Å². The average Bonchev–Trinajstić information content (AvgIpc) is 2.65. The second-order valence-corrected chi connectivity index (χ2v) is 8.15. The number of methoxy groups -OCH3 is 1. The predicted octanol–water partition coefficient (Wildman–Crippen LogP) is 4.25. The summed E-state index contributed by atoms with van der Waals surface area (Å²) in [4.78, 5) is 26.8. The SMILES string of the molecule is COc1ccc(/C=C2\C(=O)NC(=S)N(c3ccc(C(C)C)cc3)C2=O)cc1I. The maximum absolute atomic E-state index is 13.1. The Hall–Kier alpha value is -2.26. The first-order chi connectivity index (χ1) is 13.3. The van der Waals surface area contributed by atoms with Gasteiger partial charge in [-0.05, 0) is 82.2 Å². The normalized spacial score (nSPS) is 16.0. The molecule has 2 amide bonds. The molecule has 0 spiro atoms. The molecular formula is C21H19IN2O3S. The van der Waals surface area contributed by atoms with Gasteiger partial charge >= 0.3 is 0 Å². The Morgan fingerprint density at radius 1 is 1.14 bits per heavy atom. The molecule has 7 heteroatoms. The van der Waals surface area contributed by atoms with Gasteiger partial charge in [0, 0.05) is 0 Å². The van der Waals surface area contributed by atoms with Crippen molar-refractivity contribution in [1.29, 1.82) is 0 Å². The minimum atomic E-state index is -0.504. The highest BCUT2D eigenvalue weighted by atomic mass is 127. The highest BCUT2D eigenvalue weighted by Gasteiger charge is 2.34. The quantitative estimate of drug-likeness (QED) is 0.292. The lowest BCUT2D eigenvalue weighted by Gasteiger charge is -2.29. The van der Waals surface area contributed by atoms with Crippen LogP contribution in [0.3, 0.4) is 0 Å². The molecule has 144 valence electrons. The number of halogens is 1. The number of benzene rings is 2. The lowest BCUT2D eigenvalue weighted by molar-refractivity contribution is -0.122. The van der Waals surface area contributed by atoms with Crippen LogP contribution in [-0.4, -0.2) is 24.0 Å². The van der Waals surface area contributed by atoms with Crippen molar-refractivity contribution in [2.24, 2.45) is 0 Å². The van der Waals surface area contributed by atoms with Gasteiger partial charge in [0.2, 0.25) is 0 Å². The van der Waals surface area contributed by atoms with Crippen LogP contribution in [0.4, 0.5) is 5.69 Å². The summed E-state index contributed by atoms with van der Waals surface area (Å²) in [7, 11) is 1.59. The molecule has 28 heavy (non-hydrogen) atoms. The lowest BCUT2D eigenvalue weighted by Crippen LogP contribution is -2.54. The van der Waals surface area contributed by atoms with Crippen molar-refractivity contribution >= 4 is 63.5 Å². The highest BCUT2D eigenvalue weighted by Crippen LogP contribution is 2.26. The fraction of sp³-hybridized carbons (Fsp3) is 0.190. The fourth-order valence-corrected chi connectivity index (χ4v) is 3.88. The number of ether oxygens (including phenoxy) is 1. The molecule has 1 aliphatic rings. The molecule has 3 rings (SSSR count). The third-order valence-electron chi connectivity index (χ3n) is 4.41. The summed E-state index contributed by atoms with van der Waals surface area (Å²) >= 11 is 7.39. The maximum Gasteiger partial charge on any atom is 0.270 e. The molecule has 1 saturated heterocycles. The summed E-state index contributed by atoms with van der Waals surface area (Å²) in [6.45, 7) is 4.20. The van der Waals surface area contributed by atoms with Gasteiger partial charge in [0.25, 0.3) is 11.8 Å². The van der Waals surface area contributed by atoms with Crippen molar-refractivity contribution in [3.8, 4) is 5.75 Å². The Bertz CT molecular complexity index is 984. The van der Waals surface area contributed by atoms with Crippen molar-refractivity contribution in [2.45, 2.75) is 19.8 Å². The number of nitrogens with zero attached hydrogens (tertiary/aromatic N) is 1. The van der Waals surface area contributed by atoms with Gasteiger partial charge in [-0.15, -0.1) is 0 Å². The summed E-state index contributed by atoms with van der Waals surface area (Å²) in [5.74, 6) is 0.161. The Balaban J connectivity index is 1.96. The number of anilines is 1. The van der Waals surface area contributed by atoms with Crippen molar-refractivity contribution in [3.05, 3.63) is 62.7 Å². The number of hydrogen-bond donors (Lipinski definition) is 1. The average molecular weight is 506 g/mol. The van der Waals surface area contributed by atoms with Crippen LogP contribution in [0.2, 0.25) is 0 Å². The monoisotopic (exact) mass is 506 g/mol. The van der Waals surface area contributed by atoms with E-state index in [1.807, 2.05) is 30.3 Å². The molecule has 2 aromatic rings. The van der Waals surface area contributed by atoms with Gasteiger partial charge in [0.05, 0.1) is 16.4 Å². The first-order valence-corrected chi connectivity index (χ1v) is 10.2. The van der Waals surface area contributed by atoms with Crippen molar-refractivity contribution in [2.75, 3.05) is 12.0 Å². The van der Waals surface area contributed by atoms with E-state index in [1.54, 1.807) is 25.3 Å². The molecule has 0 unspecified atom stereocenters. The molecule has 0 bridgehead atoms. The summed E-state index contributed by atoms with van der Waals surface area (Å²) < 4.78 is 6.13. The minimum Gasteiger partial charge on any atom is -0.496 e. The molecule has 2 aromatic carbocycles. The molecule has 5 nitrogen and oxygen atoms in total. The van der Waals surface area contributed by atoms with E-state index in [0.717, 1.165) is 20.4 Å². The van der Waals surface area contributed by atoms with E-state index >= 15 is 0 Å². The van der Waals surface area contributed by atoms with Crippen LogP contribution in [0.5, 0.6) is 5.75 Å². The van der Waals surface area contributed by atoms with E-state index in [9.17, 15) is 9.59 Å². The first kappa shape index (κ1) is 20.5. The molecule has 1 heterocycles. The Kier molecular flexibility index (Phi) is 6.14. The zero-order chi connectivity index (χ0) is 20.4. The molecule has 0 atom stereocenters. The van der Waals surface area contributed by atoms with Crippen LogP contribution in [0.15, 0.2) is 48.0 Å². The van der Waals surface area contributed by atoms with Crippen molar-refractivity contribution < 1.29 is 14.3 Å². The van der Waals surface area contributed by atoms with Gasteiger partial charge in [-0.3, -0.25) is 19.8 Å².